The number of rotatable bonds is 6. The van der Waals surface area contributed by atoms with E-state index in [1.54, 1.807) is 6.07 Å². The molecule has 4 heteroatoms. The van der Waals surface area contributed by atoms with Crippen molar-refractivity contribution in [2.45, 2.75) is 38.8 Å². The molecule has 2 nitrogen and oxygen atoms in total. The van der Waals surface area contributed by atoms with Crippen molar-refractivity contribution in [3.05, 3.63) is 34.1 Å². The third-order valence-electron chi connectivity index (χ3n) is 3.59. The fourth-order valence-electron chi connectivity index (χ4n) is 2.67. The first-order valence-electron chi connectivity index (χ1n) is 7.08. The Kier molecular flexibility index (Phi) is 5.79. The van der Waals surface area contributed by atoms with E-state index in [0.717, 1.165) is 42.6 Å². The average molecular weight is 329 g/mol. The molecule has 1 aromatic rings. The lowest BCUT2D eigenvalue weighted by Crippen LogP contribution is -2.37. The maximum absolute atomic E-state index is 13.1. The lowest BCUT2D eigenvalue weighted by molar-refractivity contribution is 0.241. The largest absolute Gasteiger partial charge is 0.313 e. The van der Waals surface area contributed by atoms with Crippen molar-refractivity contribution in [2.24, 2.45) is 0 Å². The van der Waals surface area contributed by atoms with Crippen LogP contribution < -0.4 is 5.32 Å². The Morgan fingerprint density at radius 2 is 2.32 bits per heavy atom. The van der Waals surface area contributed by atoms with Crippen molar-refractivity contribution in [1.82, 2.24) is 10.2 Å². The fourth-order valence-corrected chi connectivity index (χ4v) is 3.14. The highest BCUT2D eigenvalue weighted by Crippen LogP contribution is 2.20. The summed E-state index contributed by atoms with van der Waals surface area (Å²) in [4.78, 5) is 2.46. The monoisotopic (exact) mass is 328 g/mol. The first kappa shape index (κ1) is 14.9. The second-order valence-electron chi connectivity index (χ2n) is 5.26. The highest BCUT2D eigenvalue weighted by molar-refractivity contribution is 9.10. The van der Waals surface area contributed by atoms with Crippen molar-refractivity contribution in [3.63, 3.8) is 0 Å². The Balaban J connectivity index is 1.98. The number of benzene rings is 1. The standard InChI is InChI=1S/C15H22BrFN2/c1-2-8-19(11-14-4-3-7-18-14)10-12-5-6-13(17)9-15(12)16/h5-6,9,14,18H,2-4,7-8,10-11H2,1H3. The molecule has 1 aliphatic rings. The average Bonchev–Trinajstić information content (AvgIpc) is 2.86. The number of hydrogen-bond acceptors (Lipinski definition) is 2. The van der Waals surface area contributed by atoms with Gasteiger partial charge in [-0.2, -0.15) is 0 Å². The van der Waals surface area contributed by atoms with Gasteiger partial charge < -0.3 is 5.32 Å². The van der Waals surface area contributed by atoms with Crippen LogP contribution in [0.25, 0.3) is 0 Å². The van der Waals surface area contributed by atoms with Crippen LogP contribution in [-0.4, -0.2) is 30.6 Å². The summed E-state index contributed by atoms with van der Waals surface area (Å²) in [7, 11) is 0. The first-order chi connectivity index (χ1) is 9.19. The number of hydrogen-bond donors (Lipinski definition) is 1. The third kappa shape index (κ3) is 4.55. The van der Waals surface area contributed by atoms with Crippen LogP contribution in [0.4, 0.5) is 4.39 Å². The molecule has 1 aliphatic heterocycles. The normalized spacial score (nSPS) is 19.3. The molecule has 1 saturated heterocycles. The summed E-state index contributed by atoms with van der Waals surface area (Å²) >= 11 is 3.46. The van der Waals surface area contributed by atoms with Gasteiger partial charge in [0.2, 0.25) is 0 Å². The predicted octanol–water partition coefficient (Wildman–Crippen LogP) is 3.55. The zero-order chi connectivity index (χ0) is 13.7. The molecule has 0 saturated carbocycles. The van der Waals surface area contributed by atoms with Gasteiger partial charge in [0.15, 0.2) is 0 Å². The minimum atomic E-state index is -0.185. The maximum atomic E-state index is 13.1. The highest BCUT2D eigenvalue weighted by Gasteiger charge is 2.18. The van der Waals surface area contributed by atoms with Crippen molar-refractivity contribution in [3.8, 4) is 0 Å². The van der Waals surface area contributed by atoms with Gasteiger partial charge >= 0.3 is 0 Å². The van der Waals surface area contributed by atoms with Gasteiger partial charge in [-0.05, 0) is 50.0 Å². The number of nitrogens with zero attached hydrogens (tertiary/aromatic N) is 1. The van der Waals surface area contributed by atoms with Crippen LogP contribution in [0.3, 0.4) is 0 Å². The van der Waals surface area contributed by atoms with Gasteiger partial charge in [-0.25, -0.2) is 4.39 Å². The lowest BCUT2D eigenvalue weighted by Gasteiger charge is -2.25. The molecule has 2 rings (SSSR count). The summed E-state index contributed by atoms with van der Waals surface area (Å²) in [5.41, 5.74) is 1.16. The van der Waals surface area contributed by atoms with Gasteiger partial charge in [-0.3, -0.25) is 4.90 Å². The summed E-state index contributed by atoms with van der Waals surface area (Å²) in [6.45, 7) is 6.40. The van der Waals surface area contributed by atoms with Gasteiger partial charge in [0, 0.05) is 23.6 Å². The molecule has 0 spiro atoms. The Morgan fingerprint density at radius 3 is 2.95 bits per heavy atom. The van der Waals surface area contributed by atoms with Crippen LogP contribution in [0.2, 0.25) is 0 Å². The van der Waals surface area contributed by atoms with Crippen LogP contribution in [0.5, 0.6) is 0 Å². The van der Waals surface area contributed by atoms with E-state index in [-0.39, 0.29) is 5.82 Å². The van der Waals surface area contributed by atoms with E-state index >= 15 is 0 Å². The number of halogens is 2. The molecule has 1 atom stereocenters. The summed E-state index contributed by atoms with van der Waals surface area (Å²) in [5.74, 6) is -0.185. The molecule has 1 fully saturated rings. The van der Waals surface area contributed by atoms with E-state index < -0.39 is 0 Å². The highest BCUT2D eigenvalue weighted by atomic mass is 79.9. The minimum Gasteiger partial charge on any atom is -0.313 e. The fraction of sp³-hybridized carbons (Fsp3) is 0.600. The van der Waals surface area contributed by atoms with Crippen molar-refractivity contribution < 1.29 is 4.39 Å². The van der Waals surface area contributed by atoms with E-state index in [1.807, 2.05) is 6.07 Å². The molecule has 1 aromatic carbocycles. The molecule has 0 radical (unpaired) electrons. The lowest BCUT2D eigenvalue weighted by atomic mass is 10.1. The Labute approximate surface area is 123 Å². The van der Waals surface area contributed by atoms with Gasteiger partial charge in [0.1, 0.15) is 5.82 Å². The van der Waals surface area contributed by atoms with Gasteiger partial charge in [-0.15, -0.1) is 0 Å². The molecular formula is C15H22BrFN2. The zero-order valence-electron chi connectivity index (χ0n) is 11.5. The van der Waals surface area contributed by atoms with Crippen molar-refractivity contribution >= 4 is 15.9 Å². The molecule has 0 aliphatic carbocycles. The summed E-state index contributed by atoms with van der Waals surface area (Å²) in [6, 6.07) is 5.58. The van der Waals surface area contributed by atoms with Gasteiger partial charge in [0.05, 0.1) is 0 Å². The second-order valence-corrected chi connectivity index (χ2v) is 6.12. The molecule has 1 heterocycles. The predicted molar refractivity (Wildman–Crippen MR) is 80.7 cm³/mol. The summed E-state index contributed by atoms with van der Waals surface area (Å²) < 4.78 is 14.0. The third-order valence-corrected chi connectivity index (χ3v) is 4.33. The SMILES string of the molecule is CCCN(Cc1ccc(F)cc1Br)CC1CCCN1. The Bertz CT molecular complexity index is 405. The Morgan fingerprint density at radius 1 is 1.47 bits per heavy atom. The van der Waals surface area contributed by atoms with Crippen LogP contribution in [0.15, 0.2) is 22.7 Å². The van der Waals surface area contributed by atoms with Crippen LogP contribution in [0.1, 0.15) is 31.7 Å². The minimum absolute atomic E-state index is 0.185. The molecule has 1 unspecified atom stereocenters. The van der Waals surface area contributed by atoms with Crippen LogP contribution >= 0.6 is 15.9 Å². The first-order valence-corrected chi connectivity index (χ1v) is 7.88. The van der Waals surface area contributed by atoms with Crippen molar-refractivity contribution in [1.29, 1.82) is 0 Å². The topological polar surface area (TPSA) is 15.3 Å². The van der Waals surface area contributed by atoms with E-state index in [1.165, 1.54) is 18.9 Å². The zero-order valence-corrected chi connectivity index (χ0v) is 13.0. The molecular weight excluding hydrogens is 307 g/mol. The van der Waals surface area contributed by atoms with Gasteiger partial charge in [0.25, 0.3) is 0 Å². The van der Waals surface area contributed by atoms with Crippen molar-refractivity contribution in [2.75, 3.05) is 19.6 Å². The molecule has 1 N–H and O–H groups in total. The molecule has 0 amide bonds. The molecule has 0 aromatic heterocycles. The van der Waals surface area contributed by atoms with E-state index in [2.05, 4.69) is 33.1 Å². The summed E-state index contributed by atoms with van der Waals surface area (Å²) in [6.07, 6.45) is 3.70. The molecule has 19 heavy (non-hydrogen) atoms. The van der Waals surface area contributed by atoms with E-state index in [9.17, 15) is 4.39 Å². The van der Waals surface area contributed by atoms with Gasteiger partial charge in [-0.1, -0.05) is 28.9 Å². The Hall–Kier alpha value is -0.450. The van der Waals surface area contributed by atoms with Crippen LogP contribution in [0, 0.1) is 5.82 Å². The molecule has 106 valence electrons. The smallest absolute Gasteiger partial charge is 0.124 e. The maximum Gasteiger partial charge on any atom is 0.124 e. The summed E-state index contributed by atoms with van der Waals surface area (Å²) in [5, 5.41) is 3.54. The van der Waals surface area contributed by atoms with Crippen LogP contribution in [-0.2, 0) is 6.54 Å². The number of nitrogens with one attached hydrogen (secondary N) is 1. The quantitative estimate of drug-likeness (QED) is 0.859. The second kappa shape index (κ2) is 7.36. The van der Waals surface area contributed by atoms with E-state index in [4.69, 9.17) is 0 Å². The van der Waals surface area contributed by atoms with E-state index in [0.29, 0.717) is 6.04 Å². The molecule has 0 bridgehead atoms.